The summed E-state index contributed by atoms with van der Waals surface area (Å²) in [6.07, 6.45) is 1.41. The van der Waals surface area contributed by atoms with Crippen LogP contribution in [0.15, 0.2) is 46.3 Å². The van der Waals surface area contributed by atoms with Crippen LogP contribution in [0.5, 0.6) is 0 Å². The fourth-order valence-corrected chi connectivity index (χ4v) is 3.88. The van der Waals surface area contributed by atoms with E-state index in [1.807, 2.05) is 36.6 Å². The normalized spacial score (nSPS) is 13.9. The van der Waals surface area contributed by atoms with Crippen LogP contribution in [0.2, 0.25) is 0 Å². The third-order valence-corrected chi connectivity index (χ3v) is 5.55. The second kappa shape index (κ2) is 7.93. The summed E-state index contributed by atoms with van der Waals surface area (Å²) < 4.78 is 5.32. The van der Waals surface area contributed by atoms with Gasteiger partial charge < -0.3 is 14.3 Å². The Bertz CT molecular complexity index is 983. The third kappa shape index (κ3) is 3.68. The lowest BCUT2D eigenvalue weighted by molar-refractivity contribution is -0.117. The SMILES string of the molecule is CCN(Cc1nc(-c2cccs2)no1)C(=O)c1cccc(N2CCCC2=O)c1. The molecule has 0 N–H and O–H groups in total. The smallest absolute Gasteiger partial charge is 0.254 e. The summed E-state index contributed by atoms with van der Waals surface area (Å²) in [6, 6.07) is 11.1. The second-order valence-corrected chi connectivity index (χ2v) is 7.46. The highest BCUT2D eigenvalue weighted by molar-refractivity contribution is 7.13. The monoisotopic (exact) mass is 396 g/mol. The number of rotatable bonds is 6. The quantitative estimate of drug-likeness (QED) is 0.636. The fraction of sp³-hybridized carbons (Fsp3) is 0.300. The molecule has 1 aliphatic heterocycles. The second-order valence-electron chi connectivity index (χ2n) is 6.51. The summed E-state index contributed by atoms with van der Waals surface area (Å²) in [4.78, 5) is 33.7. The predicted molar refractivity (Wildman–Crippen MR) is 106 cm³/mol. The Kier molecular flexibility index (Phi) is 5.21. The number of carbonyl (C=O) groups excluding carboxylic acids is 2. The molecule has 0 spiro atoms. The minimum absolute atomic E-state index is 0.101. The molecule has 0 radical (unpaired) electrons. The predicted octanol–water partition coefficient (Wildman–Crippen LogP) is 3.59. The standard InChI is InChI=1S/C20H20N4O3S/c1-2-23(13-17-21-19(22-27-17)16-8-5-11-28-16)20(26)14-6-3-7-15(12-14)24-10-4-9-18(24)25/h3,5-8,11-12H,2,4,9-10,13H2,1H3. The van der Waals surface area contributed by atoms with Crippen molar-refractivity contribution in [3.8, 4) is 10.7 Å². The van der Waals surface area contributed by atoms with Crippen LogP contribution in [-0.4, -0.2) is 39.9 Å². The van der Waals surface area contributed by atoms with Gasteiger partial charge in [-0.25, -0.2) is 0 Å². The molecule has 1 fully saturated rings. The molecule has 0 saturated carbocycles. The Hall–Kier alpha value is -3.00. The van der Waals surface area contributed by atoms with E-state index in [1.54, 1.807) is 21.9 Å². The molecule has 8 heteroatoms. The van der Waals surface area contributed by atoms with Gasteiger partial charge in [-0.3, -0.25) is 9.59 Å². The van der Waals surface area contributed by atoms with E-state index in [2.05, 4.69) is 10.1 Å². The number of hydrogen-bond acceptors (Lipinski definition) is 6. The van der Waals surface area contributed by atoms with E-state index in [-0.39, 0.29) is 18.4 Å². The number of aromatic nitrogens is 2. The van der Waals surface area contributed by atoms with E-state index < -0.39 is 0 Å². The molecule has 0 aliphatic carbocycles. The molecule has 0 atom stereocenters. The molecule has 1 aliphatic rings. The number of amides is 2. The van der Waals surface area contributed by atoms with E-state index in [1.165, 1.54) is 11.3 Å². The van der Waals surface area contributed by atoms with Crippen molar-refractivity contribution in [1.82, 2.24) is 15.0 Å². The molecule has 1 saturated heterocycles. The lowest BCUT2D eigenvalue weighted by atomic mass is 10.1. The summed E-state index contributed by atoms with van der Waals surface area (Å²) in [6.45, 7) is 3.34. The minimum Gasteiger partial charge on any atom is -0.337 e. The zero-order chi connectivity index (χ0) is 19.5. The number of benzene rings is 1. The number of anilines is 1. The van der Waals surface area contributed by atoms with Gasteiger partial charge in [-0.05, 0) is 43.0 Å². The first kappa shape index (κ1) is 18.4. The average molecular weight is 396 g/mol. The zero-order valence-corrected chi connectivity index (χ0v) is 16.3. The molecule has 3 aromatic rings. The first-order valence-corrected chi connectivity index (χ1v) is 10.1. The topological polar surface area (TPSA) is 79.5 Å². The van der Waals surface area contributed by atoms with Gasteiger partial charge >= 0.3 is 0 Å². The van der Waals surface area contributed by atoms with Crippen molar-refractivity contribution >= 4 is 28.8 Å². The molecule has 4 rings (SSSR count). The van der Waals surface area contributed by atoms with Gasteiger partial charge in [0.2, 0.25) is 17.6 Å². The van der Waals surface area contributed by atoms with Crippen LogP contribution in [-0.2, 0) is 11.3 Å². The van der Waals surface area contributed by atoms with E-state index in [0.717, 1.165) is 17.0 Å². The van der Waals surface area contributed by atoms with Crippen LogP contribution in [0.4, 0.5) is 5.69 Å². The highest BCUT2D eigenvalue weighted by atomic mass is 32.1. The van der Waals surface area contributed by atoms with Crippen LogP contribution in [0.3, 0.4) is 0 Å². The molecular weight excluding hydrogens is 376 g/mol. The zero-order valence-electron chi connectivity index (χ0n) is 15.5. The molecule has 144 valence electrons. The molecular formula is C20H20N4O3S. The van der Waals surface area contributed by atoms with Gasteiger partial charge in [0.25, 0.3) is 5.91 Å². The van der Waals surface area contributed by atoms with Crippen molar-refractivity contribution in [2.24, 2.45) is 0 Å². The Balaban J connectivity index is 1.50. The maximum absolute atomic E-state index is 13.0. The maximum Gasteiger partial charge on any atom is 0.254 e. The van der Waals surface area contributed by atoms with E-state index in [9.17, 15) is 9.59 Å². The molecule has 2 amide bonds. The van der Waals surface area contributed by atoms with Gasteiger partial charge in [-0.15, -0.1) is 11.3 Å². The van der Waals surface area contributed by atoms with Crippen molar-refractivity contribution in [3.05, 3.63) is 53.2 Å². The van der Waals surface area contributed by atoms with Crippen molar-refractivity contribution in [1.29, 1.82) is 0 Å². The van der Waals surface area contributed by atoms with Crippen LogP contribution in [0, 0.1) is 0 Å². The van der Waals surface area contributed by atoms with Crippen molar-refractivity contribution in [2.75, 3.05) is 18.0 Å². The first-order chi connectivity index (χ1) is 13.7. The Morgan fingerprint density at radius 3 is 2.93 bits per heavy atom. The number of hydrogen-bond donors (Lipinski definition) is 0. The van der Waals surface area contributed by atoms with Crippen molar-refractivity contribution < 1.29 is 14.1 Å². The molecule has 28 heavy (non-hydrogen) atoms. The largest absolute Gasteiger partial charge is 0.337 e. The molecule has 0 bridgehead atoms. The highest BCUT2D eigenvalue weighted by Gasteiger charge is 2.24. The average Bonchev–Trinajstić information content (AvgIpc) is 3.47. The molecule has 0 unspecified atom stereocenters. The highest BCUT2D eigenvalue weighted by Crippen LogP contribution is 2.24. The molecule has 1 aromatic carbocycles. The van der Waals surface area contributed by atoms with Crippen LogP contribution < -0.4 is 4.90 Å². The van der Waals surface area contributed by atoms with E-state index in [0.29, 0.717) is 36.8 Å². The lowest BCUT2D eigenvalue weighted by Crippen LogP contribution is -2.31. The maximum atomic E-state index is 13.0. The van der Waals surface area contributed by atoms with Crippen molar-refractivity contribution in [3.63, 3.8) is 0 Å². The van der Waals surface area contributed by atoms with Crippen LogP contribution in [0.1, 0.15) is 36.0 Å². The summed E-state index contributed by atoms with van der Waals surface area (Å²) in [7, 11) is 0. The summed E-state index contributed by atoms with van der Waals surface area (Å²) >= 11 is 1.53. The first-order valence-electron chi connectivity index (χ1n) is 9.22. The minimum atomic E-state index is -0.133. The Labute approximate surface area is 166 Å². The molecule has 3 heterocycles. The lowest BCUT2D eigenvalue weighted by Gasteiger charge is -2.21. The summed E-state index contributed by atoms with van der Waals surface area (Å²) in [5, 5.41) is 5.94. The van der Waals surface area contributed by atoms with E-state index in [4.69, 9.17) is 4.52 Å². The number of carbonyl (C=O) groups is 2. The van der Waals surface area contributed by atoms with Gasteiger partial charge in [0.15, 0.2) is 0 Å². The fourth-order valence-electron chi connectivity index (χ4n) is 3.23. The number of nitrogens with zero attached hydrogens (tertiary/aromatic N) is 4. The van der Waals surface area contributed by atoms with Gasteiger partial charge in [0.1, 0.15) is 6.54 Å². The van der Waals surface area contributed by atoms with E-state index >= 15 is 0 Å². The van der Waals surface area contributed by atoms with Gasteiger partial charge in [-0.1, -0.05) is 17.3 Å². The molecule has 7 nitrogen and oxygen atoms in total. The summed E-state index contributed by atoms with van der Waals surface area (Å²) in [5.74, 6) is 0.892. The number of thiophene rings is 1. The van der Waals surface area contributed by atoms with Gasteiger partial charge in [0, 0.05) is 30.8 Å². The van der Waals surface area contributed by atoms with Gasteiger partial charge in [-0.2, -0.15) is 4.98 Å². The van der Waals surface area contributed by atoms with Crippen LogP contribution in [0.25, 0.3) is 10.7 Å². The summed E-state index contributed by atoms with van der Waals surface area (Å²) in [5.41, 5.74) is 1.30. The van der Waals surface area contributed by atoms with Crippen LogP contribution >= 0.6 is 11.3 Å². The van der Waals surface area contributed by atoms with Gasteiger partial charge in [0.05, 0.1) is 4.88 Å². The Morgan fingerprint density at radius 2 is 2.21 bits per heavy atom. The molecule has 2 aromatic heterocycles. The Morgan fingerprint density at radius 1 is 1.32 bits per heavy atom. The third-order valence-electron chi connectivity index (χ3n) is 4.68. The van der Waals surface area contributed by atoms with Crippen molar-refractivity contribution in [2.45, 2.75) is 26.3 Å².